The smallest absolute Gasteiger partial charge is 0.273 e. The average molecular weight is 241 g/mol. The maximum Gasteiger partial charge on any atom is 0.273 e. The normalized spacial score (nSPS) is 10.9. The van der Waals surface area contributed by atoms with Gasteiger partial charge in [0.15, 0.2) is 0 Å². The van der Waals surface area contributed by atoms with Crippen LogP contribution in [0.5, 0.6) is 0 Å². The van der Waals surface area contributed by atoms with E-state index in [2.05, 4.69) is 10.0 Å². The second-order valence-corrected chi connectivity index (χ2v) is 4.13. The second kappa shape index (κ2) is 6.02. The summed E-state index contributed by atoms with van der Waals surface area (Å²) >= 11 is 0. The molecule has 14 heavy (non-hydrogen) atoms. The standard InChI is InChI=1S/C7H12N2O3S.ClH/c1-8-4-5-9-13(10,11)7-3-2-6-12-7;/h2-3,6,8-9H,4-5H2,1H3;1H. The quantitative estimate of drug-likeness (QED) is 0.722. The molecule has 0 bridgehead atoms. The molecule has 0 radical (unpaired) electrons. The van der Waals surface area contributed by atoms with Gasteiger partial charge >= 0.3 is 0 Å². The van der Waals surface area contributed by atoms with Gasteiger partial charge in [0.1, 0.15) is 0 Å². The maximum atomic E-state index is 11.3. The van der Waals surface area contributed by atoms with Gasteiger partial charge in [0, 0.05) is 13.1 Å². The average Bonchev–Trinajstić information content (AvgIpc) is 2.56. The van der Waals surface area contributed by atoms with Crippen LogP contribution in [0.2, 0.25) is 0 Å². The van der Waals surface area contributed by atoms with Gasteiger partial charge in [-0.3, -0.25) is 0 Å². The summed E-state index contributed by atoms with van der Waals surface area (Å²) in [4.78, 5) is 0. The number of nitrogens with one attached hydrogen (secondary N) is 2. The highest BCUT2D eigenvalue weighted by Gasteiger charge is 2.15. The largest absolute Gasteiger partial charge is 0.452 e. The highest BCUT2D eigenvalue weighted by atomic mass is 35.5. The highest BCUT2D eigenvalue weighted by molar-refractivity contribution is 7.89. The lowest BCUT2D eigenvalue weighted by Crippen LogP contribution is -2.30. The molecular formula is C7H13ClN2O3S. The zero-order chi connectivity index (χ0) is 9.73. The predicted molar refractivity (Wildman–Crippen MR) is 55.1 cm³/mol. The molecule has 0 amide bonds. The summed E-state index contributed by atoms with van der Waals surface area (Å²) in [5, 5.41) is 2.78. The van der Waals surface area contributed by atoms with Gasteiger partial charge in [-0.2, -0.15) is 0 Å². The number of likely N-dealkylation sites (N-methyl/N-ethyl adjacent to an activating group) is 1. The molecule has 2 N–H and O–H groups in total. The van der Waals surface area contributed by atoms with Crippen LogP contribution in [-0.4, -0.2) is 28.6 Å². The Morgan fingerprint density at radius 1 is 1.43 bits per heavy atom. The van der Waals surface area contributed by atoms with Crippen LogP contribution in [-0.2, 0) is 10.0 Å². The topological polar surface area (TPSA) is 71.3 Å². The lowest BCUT2D eigenvalue weighted by atomic mass is 10.7. The summed E-state index contributed by atoms with van der Waals surface area (Å²) in [6, 6.07) is 2.94. The van der Waals surface area contributed by atoms with Crippen LogP contribution in [0.25, 0.3) is 0 Å². The molecule has 0 saturated heterocycles. The van der Waals surface area contributed by atoms with Crippen molar-refractivity contribution in [3.05, 3.63) is 18.4 Å². The van der Waals surface area contributed by atoms with E-state index in [-0.39, 0.29) is 17.5 Å². The molecule has 1 heterocycles. The molecule has 1 rings (SSSR count). The van der Waals surface area contributed by atoms with Crippen molar-refractivity contribution in [3.63, 3.8) is 0 Å². The Hall–Kier alpha value is -0.560. The van der Waals surface area contributed by atoms with Crippen molar-refractivity contribution in [2.45, 2.75) is 5.09 Å². The molecule has 5 nitrogen and oxygen atoms in total. The lowest BCUT2D eigenvalue weighted by molar-refractivity contribution is 0.445. The molecule has 0 fully saturated rings. The third-order valence-electron chi connectivity index (χ3n) is 1.43. The molecule has 7 heteroatoms. The first-order chi connectivity index (χ1) is 6.17. The number of rotatable bonds is 5. The van der Waals surface area contributed by atoms with E-state index in [0.717, 1.165) is 0 Å². The minimum absolute atomic E-state index is 0. The number of halogens is 1. The molecule has 0 aliphatic heterocycles. The van der Waals surface area contributed by atoms with Crippen LogP contribution < -0.4 is 10.0 Å². The molecule has 0 aliphatic rings. The molecule has 1 aromatic heterocycles. The first-order valence-electron chi connectivity index (χ1n) is 3.84. The zero-order valence-electron chi connectivity index (χ0n) is 7.69. The van der Waals surface area contributed by atoms with Crippen molar-refractivity contribution in [2.75, 3.05) is 20.1 Å². The Bertz CT molecular complexity index is 336. The van der Waals surface area contributed by atoms with Crippen LogP contribution in [0.3, 0.4) is 0 Å². The van der Waals surface area contributed by atoms with E-state index in [0.29, 0.717) is 13.1 Å². The van der Waals surface area contributed by atoms with Gasteiger partial charge < -0.3 is 9.73 Å². The Balaban J connectivity index is 0.00000169. The van der Waals surface area contributed by atoms with Gasteiger partial charge in [-0.15, -0.1) is 12.4 Å². The Morgan fingerprint density at radius 2 is 2.14 bits per heavy atom. The van der Waals surface area contributed by atoms with Crippen LogP contribution in [0.1, 0.15) is 0 Å². The molecule has 0 unspecified atom stereocenters. The minimum atomic E-state index is -3.45. The predicted octanol–water partition coefficient (Wildman–Crippen LogP) is 0.199. The molecule has 0 spiro atoms. The van der Waals surface area contributed by atoms with Crippen molar-refractivity contribution in [1.29, 1.82) is 0 Å². The number of furan rings is 1. The molecule has 0 saturated carbocycles. The minimum Gasteiger partial charge on any atom is -0.452 e. The first kappa shape index (κ1) is 13.4. The van der Waals surface area contributed by atoms with E-state index < -0.39 is 10.0 Å². The summed E-state index contributed by atoms with van der Waals surface area (Å²) in [6.07, 6.45) is 1.33. The number of sulfonamides is 1. The molecule has 0 atom stereocenters. The monoisotopic (exact) mass is 240 g/mol. The molecule has 0 aromatic carbocycles. The fourth-order valence-corrected chi connectivity index (χ4v) is 1.75. The van der Waals surface area contributed by atoms with Crippen molar-refractivity contribution < 1.29 is 12.8 Å². The fraction of sp³-hybridized carbons (Fsp3) is 0.429. The van der Waals surface area contributed by atoms with Gasteiger partial charge in [-0.05, 0) is 19.2 Å². The summed E-state index contributed by atoms with van der Waals surface area (Å²) in [6.45, 7) is 0.930. The van der Waals surface area contributed by atoms with Gasteiger partial charge in [0.25, 0.3) is 10.0 Å². The van der Waals surface area contributed by atoms with Crippen LogP contribution in [0.4, 0.5) is 0 Å². The van der Waals surface area contributed by atoms with Crippen molar-refractivity contribution in [1.82, 2.24) is 10.0 Å². The highest BCUT2D eigenvalue weighted by Crippen LogP contribution is 2.07. The third kappa shape index (κ3) is 3.67. The van der Waals surface area contributed by atoms with E-state index in [1.807, 2.05) is 0 Å². The van der Waals surface area contributed by atoms with Crippen molar-refractivity contribution in [3.8, 4) is 0 Å². The van der Waals surface area contributed by atoms with E-state index in [9.17, 15) is 8.42 Å². The fourth-order valence-electron chi connectivity index (χ4n) is 0.798. The molecular weight excluding hydrogens is 228 g/mol. The van der Waals surface area contributed by atoms with Gasteiger partial charge in [0.05, 0.1) is 6.26 Å². The van der Waals surface area contributed by atoms with Gasteiger partial charge in [0.2, 0.25) is 5.09 Å². The summed E-state index contributed by atoms with van der Waals surface area (Å²) in [5.41, 5.74) is 0. The Morgan fingerprint density at radius 3 is 2.64 bits per heavy atom. The maximum absolute atomic E-state index is 11.3. The van der Waals surface area contributed by atoms with Crippen LogP contribution in [0.15, 0.2) is 27.9 Å². The van der Waals surface area contributed by atoms with Crippen LogP contribution >= 0.6 is 12.4 Å². The van der Waals surface area contributed by atoms with Gasteiger partial charge in [-0.1, -0.05) is 0 Å². The summed E-state index contributed by atoms with van der Waals surface area (Å²) in [7, 11) is -1.69. The molecule has 1 aromatic rings. The van der Waals surface area contributed by atoms with E-state index >= 15 is 0 Å². The summed E-state index contributed by atoms with van der Waals surface area (Å²) in [5.74, 6) is 0. The Kier molecular flexibility index (Phi) is 5.78. The zero-order valence-corrected chi connectivity index (χ0v) is 9.32. The van der Waals surface area contributed by atoms with Crippen LogP contribution in [0, 0.1) is 0 Å². The van der Waals surface area contributed by atoms with E-state index in [1.54, 1.807) is 7.05 Å². The Labute approximate surface area is 89.3 Å². The van der Waals surface area contributed by atoms with Gasteiger partial charge in [-0.25, -0.2) is 13.1 Å². The third-order valence-corrected chi connectivity index (χ3v) is 2.77. The number of hydrogen-bond acceptors (Lipinski definition) is 4. The van der Waals surface area contributed by atoms with E-state index in [4.69, 9.17) is 4.42 Å². The first-order valence-corrected chi connectivity index (χ1v) is 5.33. The SMILES string of the molecule is CNCCNS(=O)(=O)c1ccco1.Cl. The lowest BCUT2D eigenvalue weighted by Gasteiger charge is -2.02. The van der Waals surface area contributed by atoms with Crippen molar-refractivity contribution in [2.24, 2.45) is 0 Å². The molecule has 82 valence electrons. The molecule has 0 aliphatic carbocycles. The number of hydrogen-bond donors (Lipinski definition) is 2. The van der Waals surface area contributed by atoms with E-state index in [1.165, 1.54) is 18.4 Å². The van der Waals surface area contributed by atoms with Crippen molar-refractivity contribution >= 4 is 22.4 Å². The second-order valence-electron chi connectivity index (χ2n) is 2.43. The summed E-state index contributed by atoms with van der Waals surface area (Å²) < 4.78 is 29.8.